The van der Waals surface area contributed by atoms with E-state index >= 15 is 0 Å². The molecule has 0 atom stereocenters. The van der Waals surface area contributed by atoms with Gasteiger partial charge >= 0.3 is 0 Å². The maximum Gasteiger partial charge on any atom is 0.172 e. The van der Waals surface area contributed by atoms with Crippen LogP contribution in [0, 0.1) is 6.92 Å². The zero-order valence-corrected chi connectivity index (χ0v) is 10.4. The predicted molar refractivity (Wildman–Crippen MR) is 71.0 cm³/mol. The molecule has 1 aromatic carbocycles. The van der Waals surface area contributed by atoms with Gasteiger partial charge in [0.2, 0.25) is 0 Å². The lowest BCUT2D eigenvalue weighted by molar-refractivity contribution is 0.482. The lowest BCUT2D eigenvalue weighted by atomic mass is 10.2. The molecule has 0 aliphatic heterocycles. The highest BCUT2D eigenvalue weighted by molar-refractivity contribution is 7.19. The molecule has 0 aliphatic carbocycles. The summed E-state index contributed by atoms with van der Waals surface area (Å²) in [6.07, 6.45) is 3.15. The Hall–Kier alpha value is -2.21. The molecule has 3 rings (SSSR count). The third-order valence-electron chi connectivity index (χ3n) is 2.51. The third kappa shape index (κ3) is 1.86. The number of aromatic nitrogens is 2. The maximum atomic E-state index is 9.78. The van der Waals surface area contributed by atoms with Crippen molar-refractivity contribution in [2.45, 2.75) is 6.92 Å². The molecule has 0 aliphatic rings. The Morgan fingerprint density at radius 3 is 3.00 bits per heavy atom. The summed E-state index contributed by atoms with van der Waals surface area (Å²) in [7, 11) is 0. The van der Waals surface area contributed by atoms with Gasteiger partial charge in [-0.3, -0.25) is 0 Å². The molecule has 0 fully saturated rings. The van der Waals surface area contributed by atoms with Gasteiger partial charge in [-0.2, -0.15) is 0 Å². The number of nitrogens with one attached hydrogen (secondary N) is 1. The van der Waals surface area contributed by atoms with Gasteiger partial charge in [0.25, 0.3) is 0 Å². The summed E-state index contributed by atoms with van der Waals surface area (Å²) >= 11 is 1.59. The number of benzene rings is 1. The van der Waals surface area contributed by atoms with Crippen LogP contribution in [-0.4, -0.2) is 15.1 Å². The van der Waals surface area contributed by atoms with Gasteiger partial charge < -0.3 is 10.1 Å². The number of hydrogen-bond acceptors (Lipinski definition) is 5. The standard InChI is InChI=1S/C12H10N4OS/c1-7-4-8-10(17)3-2-9(12(8)18-7)15-16-11-5-13-6-14-11/h2-6,17H,1H3,(H,13,14)/b16-15+. The summed E-state index contributed by atoms with van der Waals surface area (Å²) in [6, 6.07) is 5.34. The highest BCUT2D eigenvalue weighted by Gasteiger charge is 2.08. The van der Waals surface area contributed by atoms with Crippen LogP contribution < -0.4 is 0 Å². The summed E-state index contributed by atoms with van der Waals surface area (Å²) in [5, 5.41) is 18.8. The minimum absolute atomic E-state index is 0.273. The zero-order valence-electron chi connectivity index (χ0n) is 9.58. The number of aryl methyl sites for hydroxylation is 1. The molecule has 2 N–H and O–H groups in total. The SMILES string of the molecule is Cc1cc2c(O)ccc(/N=N/c3cnc[nH]3)c2s1. The largest absolute Gasteiger partial charge is 0.507 e. The number of phenols is 1. The summed E-state index contributed by atoms with van der Waals surface area (Å²) in [5.41, 5.74) is 0.746. The van der Waals surface area contributed by atoms with Crippen molar-refractivity contribution >= 4 is 32.9 Å². The van der Waals surface area contributed by atoms with Gasteiger partial charge in [0.15, 0.2) is 5.82 Å². The Balaban J connectivity index is 2.09. The van der Waals surface area contributed by atoms with E-state index in [1.807, 2.05) is 13.0 Å². The summed E-state index contributed by atoms with van der Waals surface area (Å²) in [5.74, 6) is 0.874. The fourth-order valence-corrected chi connectivity index (χ4v) is 2.69. The second-order valence-electron chi connectivity index (χ2n) is 3.84. The van der Waals surface area contributed by atoms with Crippen LogP contribution in [0.5, 0.6) is 5.75 Å². The maximum absolute atomic E-state index is 9.78. The number of nitrogens with zero attached hydrogens (tertiary/aromatic N) is 3. The first kappa shape index (κ1) is 10.9. The van der Waals surface area contributed by atoms with Crippen LogP contribution >= 0.6 is 11.3 Å². The number of imidazole rings is 1. The van der Waals surface area contributed by atoms with E-state index in [1.165, 1.54) is 0 Å². The molecule has 0 saturated heterocycles. The average molecular weight is 258 g/mol. The monoisotopic (exact) mass is 258 g/mol. The molecule has 0 amide bonds. The second-order valence-corrected chi connectivity index (χ2v) is 5.10. The van der Waals surface area contributed by atoms with Crippen LogP contribution in [0.25, 0.3) is 10.1 Å². The quantitative estimate of drug-likeness (QED) is 0.680. The van der Waals surface area contributed by atoms with Crippen molar-refractivity contribution in [1.82, 2.24) is 9.97 Å². The van der Waals surface area contributed by atoms with E-state index in [4.69, 9.17) is 0 Å². The minimum Gasteiger partial charge on any atom is -0.507 e. The van der Waals surface area contributed by atoms with Gasteiger partial charge in [-0.15, -0.1) is 21.6 Å². The van der Waals surface area contributed by atoms with Gasteiger partial charge in [0, 0.05) is 10.3 Å². The smallest absolute Gasteiger partial charge is 0.172 e. The first-order valence-corrected chi connectivity index (χ1v) is 6.18. The number of fused-ring (bicyclic) bond motifs is 1. The topological polar surface area (TPSA) is 73.6 Å². The normalized spacial score (nSPS) is 11.6. The molecule has 2 heterocycles. The number of rotatable bonds is 2. The van der Waals surface area contributed by atoms with Crippen LogP contribution in [0.3, 0.4) is 0 Å². The minimum atomic E-state index is 0.273. The molecule has 90 valence electrons. The Bertz CT molecular complexity index is 715. The summed E-state index contributed by atoms with van der Waals surface area (Å²) in [6.45, 7) is 2.00. The number of H-pyrrole nitrogens is 1. The van der Waals surface area contributed by atoms with E-state index < -0.39 is 0 Å². The molecule has 6 heteroatoms. The van der Waals surface area contributed by atoms with E-state index in [2.05, 4.69) is 20.2 Å². The molecule has 0 radical (unpaired) electrons. The van der Waals surface area contributed by atoms with Crippen molar-refractivity contribution in [3.8, 4) is 5.75 Å². The zero-order chi connectivity index (χ0) is 12.5. The molecular formula is C12H10N4OS. The van der Waals surface area contributed by atoms with Crippen molar-refractivity contribution in [3.63, 3.8) is 0 Å². The summed E-state index contributed by atoms with van der Waals surface area (Å²) in [4.78, 5) is 7.85. The Labute approximate surface area is 107 Å². The van der Waals surface area contributed by atoms with Crippen LogP contribution in [0.15, 0.2) is 41.0 Å². The molecule has 2 aromatic heterocycles. The molecule has 0 spiro atoms. The second kappa shape index (κ2) is 4.23. The van der Waals surface area contributed by atoms with Gasteiger partial charge in [-0.05, 0) is 25.1 Å². The van der Waals surface area contributed by atoms with Gasteiger partial charge in [0.05, 0.1) is 17.2 Å². The molecule has 3 aromatic rings. The lowest BCUT2D eigenvalue weighted by Crippen LogP contribution is -1.68. The van der Waals surface area contributed by atoms with Crippen LogP contribution in [-0.2, 0) is 0 Å². The Kier molecular flexibility index (Phi) is 2.56. The van der Waals surface area contributed by atoms with Crippen LogP contribution in [0.1, 0.15) is 4.88 Å². The number of azo groups is 1. The van der Waals surface area contributed by atoms with E-state index in [9.17, 15) is 5.11 Å². The lowest BCUT2D eigenvalue weighted by Gasteiger charge is -1.97. The molecule has 18 heavy (non-hydrogen) atoms. The molecule has 0 unspecified atom stereocenters. The predicted octanol–water partition coefficient (Wildman–Crippen LogP) is 4.05. The fraction of sp³-hybridized carbons (Fsp3) is 0.0833. The average Bonchev–Trinajstić information content (AvgIpc) is 2.97. The van der Waals surface area contributed by atoms with E-state index in [0.29, 0.717) is 5.82 Å². The highest BCUT2D eigenvalue weighted by Crippen LogP contribution is 2.38. The first-order valence-electron chi connectivity index (χ1n) is 5.36. The van der Waals surface area contributed by atoms with Crippen molar-refractivity contribution in [1.29, 1.82) is 0 Å². The van der Waals surface area contributed by atoms with Gasteiger partial charge in [0.1, 0.15) is 11.4 Å². The number of aromatic amines is 1. The van der Waals surface area contributed by atoms with E-state index in [-0.39, 0.29) is 5.75 Å². The Morgan fingerprint density at radius 2 is 2.22 bits per heavy atom. The van der Waals surface area contributed by atoms with Crippen molar-refractivity contribution in [3.05, 3.63) is 35.6 Å². The van der Waals surface area contributed by atoms with Crippen LogP contribution in [0.4, 0.5) is 11.5 Å². The Morgan fingerprint density at radius 1 is 1.33 bits per heavy atom. The molecule has 0 bridgehead atoms. The van der Waals surface area contributed by atoms with Gasteiger partial charge in [-0.25, -0.2) is 4.98 Å². The molecule has 5 nitrogen and oxygen atoms in total. The number of phenolic OH excluding ortho intramolecular Hbond substituents is 1. The molecule has 0 saturated carbocycles. The van der Waals surface area contributed by atoms with E-state index in [0.717, 1.165) is 20.7 Å². The number of hydrogen-bond donors (Lipinski definition) is 2. The first-order chi connectivity index (χ1) is 8.74. The summed E-state index contributed by atoms with van der Waals surface area (Å²) < 4.78 is 0.941. The highest BCUT2D eigenvalue weighted by atomic mass is 32.1. The van der Waals surface area contributed by atoms with Crippen LogP contribution in [0.2, 0.25) is 0 Å². The van der Waals surface area contributed by atoms with Gasteiger partial charge in [-0.1, -0.05) is 0 Å². The van der Waals surface area contributed by atoms with Crippen molar-refractivity contribution in [2.24, 2.45) is 10.2 Å². The molecular weight excluding hydrogens is 248 g/mol. The third-order valence-corrected chi connectivity index (χ3v) is 3.59. The van der Waals surface area contributed by atoms with Crippen molar-refractivity contribution in [2.75, 3.05) is 0 Å². The number of aromatic hydroxyl groups is 1. The van der Waals surface area contributed by atoms with Crippen molar-refractivity contribution < 1.29 is 5.11 Å². The fourth-order valence-electron chi connectivity index (χ4n) is 1.71. The van der Waals surface area contributed by atoms with E-state index in [1.54, 1.807) is 36.0 Å². The number of thiophene rings is 1.